The Kier molecular flexibility index (Phi) is 2.76. The standard InChI is InChI=1S/C14H11FN2O2S/c15-9-4-5-13-12(6-9)14(8-17-13)20(18,19)11-3-1-2-10(16)7-11/h1-8,17H,16H2. The molecule has 2 aromatic carbocycles. The van der Waals surface area contributed by atoms with Crippen LogP contribution in [-0.2, 0) is 9.84 Å². The molecule has 0 saturated heterocycles. The summed E-state index contributed by atoms with van der Waals surface area (Å²) in [5, 5.41) is 0.326. The third-order valence-electron chi connectivity index (χ3n) is 3.06. The SMILES string of the molecule is Nc1cccc(S(=O)(=O)c2c[nH]c3ccc(F)cc23)c1. The van der Waals surface area contributed by atoms with Crippen LogP contribution < -0.4 is 5.73 Å². The quantitative estimate of drug-likeness (QED) is 0.712. The molecule has 3 rings (SSSR count). The number of H-pyrrole nitrogens is 1. The Labute approximate surface area is 115 Å². The molecule has 0 unspecified atom stereocenters. The Morgan fingerprint density at radius 3 is 2.65 bits per heavy atom. The first-order valence-corrected chi connectivity index (χ1v) is 7.34. The number of rotatable bonds is 2. The minimum absolute atomic E-state index is 0.0394. The minimum atomic E-state index is -3.74. The van der Waals surface area contributed by atoms with Crippen molar-refractivity contribution in [3.05, 3.63) is 54.5 Å². The zero-order valence-corrected chi connectivity index (χ0v) is 11.1. The van der Waals surface area contributed by atoms with Gasteiger partial charge >= 0.3 is 0 Å². The van der Waals surface area contributed by atoms with Gasteiger partial charge in [0.15, 0.2) is 0 Å². The molecule has 0 amide bonds. The van der Waals surface area contributed by atoms with Crippen LogP contribution in [-0.4, -0.2) is 13.4 Å². The number of nitrogen functional groups attached to an aromatic ring is 1. The lowest BCUT2D eigenvalue weighted by Crippen LogP contribution is -2.02. The molecule has 6 heteroatoms. The van der Waals surface area contributed by atoms with Gasteiger partial charge < -0.3 is 10.7 Å². The number of hydrogen-bond acceptors (Lipinski definition) is 3. The topological polar surface area (TPSA) is 76.0 Å². The van der Waals surface area contributed by atoms with Gasteiger partial charge in [-0.2, -0.15) is 0 Å². The van der Waals surface area contributed by atoms with Crippen molar-refractivity contribution in [1.82, 2.24) is 4.98 Å². The van der Waals surface area contributed by atoms with Crippen LogP contribution in [0, 0.1) is 5.82 Å². The van der Waals surface area contributed by atoms with Gasteiger partial charge in [-0.05, 0) is 36.4 Å². The monoisotopic (exact) mass is 290 g/mol. The van der Waals surface area contributed by atoms with Gasteiger partial charge in [0.2, 0.25) is 9.84 Å². The molecule has 1 heterocycles. The van der Waals surface area contributed by atoms with Crippen LogP contribution in [0.4, 0.5) is 10.1 Å². The molecule has 1 aromatic heterocycles. The summed E-state index contributed by atoms with van der Waals surface area (Å²) in [5.41, 5.74) is 6.54. The van der Waals surface area contributed by atoms with E-state index in [1.165, 1.54) is 36.5 Å². The first-order valence-electron chi connectivity index (χ1n) is 5.86. The van der Waals surface area contributed by atoms with E-state index in [0.717, 1.165) is 0 Å². The molecule has 0 saturated carbocycles. The molecular weight excluding hydrogens is 279 g/mol. The maximum atomic E-state index is 13.3. The summed E-state index contributed by atoms with van der Waals surface area (Å²) in [6, 6.07) is 9.99. The van der Waals surface area contributed by atoms with Crippen molar-refractivity contribution in [3.63, 3.8) is 0 Å². The average molecular weight is 290 g/mol. The van der Waals surface area contributed by atoms with Crippen LogP contribution in [0.1, 0.15) is 0 Å². The first-order chi connectivity index (χ1) is 9.48. The van der Waals surface area contributed by atoms with E-state index in [9.17, 15) is 12.8 Å². The maximum Gasteiger partial charge on any atom is 0.208 e. The number of aromatic amines is 1. The maximum absolute atomic E-state index is 13.3. The highest BCUT2D eigenvalue weighted by molar-refractivity contribution is 7.91. The van der Waals surface area contributed by atoms with Crippen LogP contribution in [0.5, 0.6) is 0 Å². The summed E-state index contributed by atoms with van der Waals surface area (Å²) in [6.07, 6.45) is 1.36. The second kappa shape index (κ2) is 4.35. The highest BCUT2D eigenvalue weighted by Gasteiger charge is 2.22. The number of nitrogens with two attached hydrogens (primary N) is 1. The summed E-state index contributed by atoms with van der Waals surface area (Å²) in [6.45, 7) is 0. The molecule has 102 valence electrons. The number of sulfone groups is 1. The fraction of sp³-hybridized carbons (Fsp3) is 0. The minimum Gasteiger partial charge on any atom is -0.399 e. The number of benzene rings is 2. The van der Waals surface area contributed by atoms with E-state index in [1.807, 2.05) is 0 Å². The van der Waals surface area contributed by atoms with Crippen molar-refractivity contribution in [1.29, 1.82) is 0 Å². The fourth-order valence-electron chi connectivity index (χ4n) is 2.10. The third kappa shape index (κ3) is 1.94. The molecule has 3 N–H and O–H groups in total. The van der Waals surface area contributed by atoms with E-state index in [0.29, 0.717) is 16.6 Å². The van der Waals surface area contributed by atoms with Crippen molar-refractivity contribution in [3.8, 4) is 0 Å². The van der Waals surface area contributed by atoms with Crippen molar-refractivity contribution >= 4 is 26.4 Å². The molecule has 0 atom stereocenters. The fourth-order valence-corrected chi connectivity index (χ4v) is 3.57. The van der Waals surface area contributed by atoms with Crippen LogP contribution in [0.3, 0.4) is 0 Å². The molecule has 0 bridgehead atoms. The van der Waals surface area contributed by atoms with E-state index >= 15 is 0 Å². The first kappa shape index (κ1) is 12.7. The molecule has 0 aliphatic heterocycles. The predicted octanol–water partition coefficient (Wildman–Crippen LogP) is 2.72. The van der Waals surface area contributed by atoms with Crippen molar-refractivity contribution in [2.45, 2.75) is 9.79 Å². The van der Waals surface area contributed by atoms with Gasteiger partial charge in [0.1, 0.15) is 5.82 Å². The highest BCUT2D eigenvalue weighted by atomic mass is 32.2. The van der Waals surface area contributed by atoms with Gasteiger partial charge in [-0.15, -0.1) is 0 Å². The van der Waals surface area contributed by atoms with Crippen LogP contribution in [0.25, 0.3) is 10.9 Å². The van der Waals surface area contributed by atoms with Crippen molar-refractivity contribution in [2.24, 2.45) is 0 Å². The van der Waals surface area contributed by atoms with Gasteiger partial charge in [0, 0.05) is 22.8 Å². The van der Waals surface area contributed by atoms with E-state index in [2.05, 4.69) is 4.98 Å². The molecular formula is C14H11FN2O2S. The Morgan fingerprint density at radius 2 is 1.90 bits per heavy atom. The van der Waals surface area contributed by atoms with E-state index in [-0.39, 0.29) is 9.79 Å². The van der Waals surface area contributed by atoms with E-state index in [1.54, 1.807) is 12.1 Å². The number of halogens is 1. The number of anilines is 1. The van der Waals surface area contributed by atoms with Crippen LogP contribution in [0.15, 0.2) is 58.5 Å². The van der Waals surface area contributed by atoms with Gasteiger partial charge in [-0.25, -0.2) is 12.8 Å². The summed E-state index contributed by atoms with van der Waals surface area (Å²) in [7, 11) is -3.74. The Bertz CT molecular complexity index is 900. The van der Waals surface area contributed by atoms with Crippen molar-refractivity contribution < 1.29 is 12.8 Å². The van der Waals surface area contributed by atoms with E-state index in [4.69, 9.17) is 5.73 Å². The molecule has 4 nitrogen and oxygen atoms in total. The lowest BCUT2D eigenvalue weighted by Gasteiger charge is -2.04. The summed E-state index contributed by atoms with van der Waals surface area (Å²) >= 11 is 0. The smallest absolute Gasteiger partial charge is 0.208 e. The Hall–Kier alpha value is -2.34. The largest absolute Gasteiger partial charge is 0.399 e. The second-order valence-corrected chi connectivity index (χ2v) is 6.34. The van der Waals surface area contributed by atoms with Gasteiger partial charge in [-0.1, -0.05) is 6.07 Å². The van der Waals surface area contributed by atoms with Gasteiger partial charge in [0.25, 0.3) is 0 Å². The molecule has 0 fully saturated rings. The number of aromatic nitrogens is 1. The lowest BCUT2D eigenvalue weighted by atomic mass is 10.2. The molecule has 0 radical (unpaired) electrons. The van der Waals surface area contributed by atoms with Gasteiger partial charge in [0.05, 0.1) is 9.79 Å². The summed E-state index contributed by atoms with van der Waals surface area (Å²) in [4.78, 5) is 2.95. The highest BCUT2D eigenvalue weighted by Crippen LogP contribution is 2.29. The number of fused-ring (bicyclic) bond motifs is 1. The number of nitrogens with one attached hydrogen (secondary N) is 1. The molecule has 0 spiro atoms. The summed E-state index contributed by atoms with van der Waals surface area (Å²) < 4.78 is 38.5. The third-order valence-corrected chi connectivity index (χ3v) is 4.86. The predicted molar refractivity (Wildman–Crippen MR) is 74.6 cm³/mol. The second-order valence-electron chi connectivity index (χ2n) is 4.42. The molecule has 0 aliphatic carbocycles. The van der Waals surface area contributed by atoms with Crippen LogP contribution >= 0.6 is 0 Å². The summed E-state index contributed by atoms with van der Waals surface area (Å²) in [5.74, 6) is -0.485. The average Bonchev–Trinajstić information content (AvgIpc) is 2.82. The van der Waals surface area contributed by atoms with Crippen molar-refractivity contribution in [2.75, 3.05) is 5.73 Å². The molecule has 20 heavy (non-hydrogen) atoms. The molecule has 0 aliphatic rings. The van der Waals surface area contributed by atoms with E-state index < -0.39 is 15.7 Å². The zero-order chi connectivity index (χ0) is 14.3. The van der Waals surface area contributed by atoms with Crippen LogP contribution in [0.2, 0.25) is 0 Å². The number of hydrogen-bond donors (Lipinski definition) is 2. The normalized spacial score (nSPS) is 11.8. The Balaban J connectivity index is 2.26. The zero-order valence-electron chi connectivity index (χ0n) is 10.3. The lowest BCUT2D eigenvalue weighted by molar-refractivity contribution is 0.597. The Morgan fingerprint density at radius 1 is 1.10 bits per heavy atom. The van der Waals surface area contributed by atoms with Gasteiger partial charge in [-0.3, -0.25) is 0 Å². The molecule has 3 aromatic rings.